The fourth-order valence-electron chi connectivity index (χ4n) is 3.77. The normalized spacial score (nSPS) is 19.3. The van der Waals surface area contributed by atoms with Gasteiger partial charge in [-0.2, -0.15) is 0 Å². The second kappa shape index (κ2) is 8.01. The van der Waals surface area contributed by atoms with E-state index in [2.05, 4.69) is 10.2 Å². The van der Waals surface area contributed by atoms with Crippen molar-refractivity contribution in [3.63, 3.8) is 0 Å². The number of benzene rings is 1. The molecule has 2 aromatic rings. The Balaban J connectivity index is 1.79. The van der Waals surface area contributed by atoms with Crippen LogP contribution in [-0.2, 0) is 7.05 Å². The van der Waals surface area contributed by atoms with Crippen LogP contribution in [-0.4, -0.2) is 40.6 Å². The van der Waals surface area contributed by atoms with Crippen LogP contribution in [0.4, 0.5) is 4.39 Å². The number of aromatic nitrogens is 1. The number of hydrogen-bond donors (Lipinski definition) is 2. The molecule has 140 valence electrons. The molecule has 26 heavy (non-hydrogen) atoms. The van der Waals surface area contributed by atoms with Crippen LogP contribution in [0, 0.1) is 5.82 Å². The van der Waals surface area contributed by atoms with Crippen molar-refractivity contribution in [1.82, 2.24) is 14.8 Å². The van der Waals surface area contributed by atoms with E-state index in [0.29, 0.717) is 17.8 Å². The number of nitrogens with one attached hydrogen (secondary N) is 1. The van der Waals surface area contributed by atoms with Crippen molar-refractivity contribution in [1.29, 1.82) is 0 Å². The molecule has 2 N–H and O–H groups in total. The van der Waals surface area contributed by atoms with Gasteiger partial charge in [-0.1, -0.05) is 18.6 Å². The van der Waals surface area contributed by atoms with Gasteiger partial charge < -0.3 is 15.0 Å². The molecular weight excluding hydrogens is 333 g/mol. The van der Waals surface area contributed by atoms with E-state index in [0.717, 1.165) is 31.5 Å². The van der Waals surface area contributed by atoms with Crippen LogP contribution < -0.4 is 5.32 Å². The minimum atomic E-state index is -0.671. The molecular formula is C20H26FN3O2. The van der Waals surface area contributed by atoms with Crippen molar-refractivity contribution in [3.8, 4) is 0 Å². The highest BCUT2D eigenvalue weighted by Gasteiger charge is 2.29. The third kappa shape index (κ3) is 3.81. The van der Waals surface area contributed by atoms with E-state index in [9.17, 15) is 14.3 Å². The number of hydrogen-bond acceptors (Lipinski definition) is 3. The molecule has 1 aromatic carbocycles. The molecule has 0 bridgehead atoms. The molecule has 1 fully saturated rings. The van der Waals surface area contributed by atoms with E-state index in [1.165, 1.54) is 12.1 Å². The fourth-order valence-corrected chi connectivity index (χ4v) is 3.77. The van der Waals surface area contributed by atoms with E-state index in [4.69, 9.17) is 0 Å². The number of nitrogens with zero attached hydrogens (tertiary/aromatic N) is 2. The average Bonchev–Trinajstić information content (AvgIpc) is 3.03. The maximum Gasteiger partial charge on any atom is 0.267 e. The number of rotatable bonds is 5. The van der Waals surface area contributed by atoms with Crippen molar-refractivity contribution in [2.75, 3.05) is 20.1 Å². The highest BCUT2D eigenvalue weighted by atomic mass is 19.1. The van der Waals surface area contributed by atoms with E-state index >= 15 is 0 Å². The van der Waals surface area contributed by atoms with Crippen molar-refractivity contribution >= 4 is 5.91 Å². The predicted molar refractivity (Wildman–Crippen MR) is 98.3 cm³/mol. The number of likely N-dealkylation sites (tertiary alicyclic amines) is 1. The number of aliphatic hydroxyl groups is 1. The Labute approximate surface area is 153 Å². The molecule has 3 rings (SSSR count). The van der Waals surface area contributed by atoms with E-state index in [-0.39, 0.29) is 17.8 Å². The molecule has 0 unspecified atom stereocenters. The van der Waals surface area contributed by atoms with Gasteiger partial charge in [0.15, 0.2) is 0 Å². The molecule has 1 saturated heterocycles. The zero-order valence-corrected chi connectivity index (χ0v) is 15.3. The van der Waals surface area contributed by atoms with Crippen LogP contribution >= 0.6 is 0 Å². The number of β-amino-alcohol motifs (C(OH)–C–C–N with tert-alkyl or cyclic N) is 1. The summed E-state index contributed by atoms with van der Waals surface area (Å²) < 4.78 is 15.0. The van der Waals surface area contributed by atoms with Gasteiger partial charge in [0.2, 0.25) is 0 Å². The van der Waals surface area contributed by atoms with Gasteiger partial charge in [-0.15, -0.1) is 0 Å². The molecule has 5 nitrogen and oxygen atoms in total. The molecule has 6 heteroatoms. The van der Waals surface area contributed by atoms with Gasteiger partial charge in [0.05, 0.1) is 12.1 Å². The lowest BCUT2D eigenvalue weighted by atomic mass is 9.98. The first-order valence-electron chi connectivity index (χ1n) is 9.06. The van der Waals surface area contributed by atoms with E-state index in [1.54, 1.807) is 19.2 Å². The molecule has 1 amide bonds. The van der Waals surface area contributed by atoms with Gasteiger partial charge in [-0.25, -0.2) is 4.39 Å². The lowest BCUT2D eigenvalue weighted by Crippen LogP contribution is -2.37. The minimum absolute atomic E-state index is 0.104. The summed E-state index contributed by atoms with van der Waals surface area (Å²) in [5.74, 6) is -0.408. The van der Waals surface area contributed by atoms with Crippen LogP contribution in [0.2, 0.25) is 0 Å². The Bertz CT molecular complexity index is 757. The van der Waals surface area contributed by atoms with Crippen LogP contribution in [0.25, 0.3) is 0 Å². The van der Waals surface area contributed by atoms with Gasteiger partial charge in [0.25, 0.3) is 5.91 Å². The second-order valence-electron chi connectivity index (χ2n) is 6.86. The van der Waals surface area contributed by atoms with Gasteiger partial charge >= 0.3 is 0 Å². The SMILES string of the molecule is CNC(=O)c1ccc([C@@H]2CCCCN2C[C@@H](O)c2ccc(F)cc2)n1C. The van der Waals surface area contributed by atoms with Crippen molar-refractivity contribution in [3.05, 3.63) is 59.2 Å². The van der Waals surface area contributed by atoms with Crippen LogP contribution in [0.1, 0.15) is 53.2 Å². The molecule has 2 atom stereocenters. The van der Waals surface area contributed by atoms with E-state index in [1.807, 2.05) is 23.7 Å². The number of amides is 1. The lowest BCUT2D eigenvalue weighted by molar-refractivity contribution is 0.0640. The van der Waals surface area contributed by atoms with Gasteiger partial charge in [-0.05, 0) is 49.2 Å². The summed E-state index contributed by atoms with van der Waals surface area (Å²) in [6.45, 7) is 1.38. The Kier molecular flexibility index (Phi) is 5.74. The summed E-state index contributed by atoms with van der Waals surface area (Å²) in [6, 6.07) is 10.0. The van der Waals surface area contributed by atoms with Crippen LogP contribution in [0.3, 0.4) is 0 Å². The molecule has 1 aliphatic rings. The van der Waals surface area contributed by atoms with Crippen molar-refractivity contribution < 1.29 is 14.3 Å². The molecule has 1 aromatic heterocycles. The summed E-state index contributed by atoms with van der Waals surface area (Å²) in [6.07, 6.45) is 2.52. The standard InChI is InChI=1S/C20H26FN3O2/c1-22-20(26)18-11-10-16(23(18)2)17-5-3-4-12-24(17)13-19(25)14-6-8-15(21)9-7-14/h6-11,17,19,25H,3-5,12-13H2,1-2H3,(H,22,26)/t17-,19+/m0/s1. The second-order valence-corrected chi connectivity index (χ2v) is 6.86. The van der Waals surface area contributed by atoms with Crippen LogP contribution in [0.5, 0.6) is 0 Å². The zero-order chi connectivity index (χ0) is 18.7. The third-order valence-corrected chi connectivity index (χ3v) is 5.24. The molecule has 2 heterocycles. The Morgan fingerprint density at radius 2 is 2.00 bits per heavy atom. The Morgan fingerprint density at radius 1 is 1.27 bits per heavy atom. The molecule has 0 aliphatic carbocycles. The smallest absolute Gasteiger partial charge is 0.267 e. The van der Waals surface area contributed by atoms with Gasteiger partial charge in [-0.3, -0.25) is 9.69 Å². The summed E-state index contributed by atoms with van der Waals surface area (Å²) in [4.78, 5) is 14.3. The molecule has 0 radical (unpaired) electrons. The number of carbonyl (C=O) groups is 1. The lowest BCUT2D eigenvalue weighted by Gasteiger charge is -2.37. The third-order valence-electron chi connectivity index (χ3n) is 5.24. The van der Waals surface area contributed by atoms with E-state index < -0.39 is 6.10 Å². The minimum Gasteiger partial charge on any atom is -0.387 e. The number of piperidine rings is 1. The molecule has 1 aliphatic heterocycles. The quantitative estimate of drug-likeness (QED) is 0.863. The highest BCUT2D eigenvalue weighted by Crippen LogP contribution is 2.33. The Hall–Kier alpha value is -2.18. The summed E-state index contributed by atoms with van der Waals surface area (Å²) in [5.41, 5.74) is 2.43. The fraction of sp³-hybridized carbons (Fsp3) is 0.450. The maximum atomic E-state index is 13.1. The largest absolute Gasteiger partial charge is 0.387 e. The molecule has 0 saturated carbocycles. The predicted octanol–water partition coefficient (Wildman–Crippen LogP) is 2.78. The number of aliphatic hydroxyl groups excluding tert-OH is 1. The van der Waals surface area contributed by atoms with Crippen molar-refractivity contribution in [2.24, 2.45) is 7.05 Å². The summed E-state index contributed by atoms with van der Waals surface area (Å²) in [5, 5.41) is 13.3. The van der Waals surface area contributed by atoms with Gasteiger partial charge in [0.1, 0.15) is 11.5 Å². The van der Waals surface area contributed by atoms with Gasteiger partial charge in [0, 0.05) is 26.3 Å². The topological polar surface area (TPSA) is 57.5 Å². The highest BCUT2D eigenvalue weighted by molar-refractivity contribution is 5.92. The Morgan fingerprint density at radius 3 is 2.69 bits per heavy atom. The summed E-state index contributed by atoms with van der Waals surface area (Å²) in [7, 11) is 3.53. The number of halogens is 1. The first-order valence-corrected chi connectivity index (χ1v) is 9.06. The maximum absolute atomic E-state index is 13.1. The van der Waals surface area contributed by atoms with Crippen molar-refractivity contribution in [2.45, 2.75) is 31.4 Å². The average molecular weight is 359 g/mol. The molecule has 0 spiro atoms. The monoisotopic (exact) mass is 359 g/mol. The first-order chi connectivity index (χ1) is 12.5. The first kappa shape index (κ1) is 18.6. The zero-order valence-electron chi connectivity index (χ0n) is 15.3. The summed E-state index contributed by atoms with van der Waals surface area (Å²) >= 11 is 0. The van der Waals surface area contributed by atoms with Crippen LogP contribution in [0.15, 0.2) is 36.4 Å². The number of carbonyl (C=O) groups excluding carboxylic acids is 1.